The molecule has 6 atom stereocenters. The number of hydrogen-bond donors (Lipinski definition) is 4. The molecule has 0 aliphatic carbocycles. The molecule has 12 nitrogen and oxygen atoms in total. The predicted octanol–water partition coefficient (Wildman–Crippen LogP) is 9.84. The average Bonchev–Trinajstić information content (AvgIpc) is 3.20. The Morgan fingerprint density at radius 2 is 0.966 bits per heavy atom. The summed E-state index contributed by atoms with van der Waals surface area (Å²) in [5.41, 5.74) is 0. The first-order valence-corrected chi connectivity index (χ1v) is 25.4. The standard InChI is InChI=1S/C46H86O12S/c1-3-5-7-9-11-13-15-17-19-21-23-25-27-29-31-33-35-42(48)57-39(37-56-46-45(51)44(50)43(49)40(58-46)38-59(52,53)54)36-55-41(47)34-32-30-28-26-24-22-20-18-16-14-12-10-8-6-4-2/h18,20,39-40,43-46,49-51H,3-17,19,21-38H2,1-2H3,(H,52,53,54)/b20-18+/t39-,40-,43-,44?,45?,46+/m1/s1. The van der Waals surface area contributed by atoms with Crippen molar-refractivity contribution in [3.63, 3.8) is 0 Å². The third-order valence-corrected chi connectivity index (χ3v) is 11.8. The number of ether oxygens (including phenoxy) is 4. The molecule has 1 heterocycles. The number of esters is 2. The van der Waals surface area contributed by atoms with Gasteiger partial charge in [-0.05, 0) is 38.5 Å². The van der Waals surface area contributed by atoms with Crippen LogP contribution in [0, 0.1) is 0 Å². The minimum absolute atomic E-state index is 0.168. The zero-order valence-corrected chi connectivity index (χ0v) is 37.9. The SMILES string of the molecule is CCCCCCCC/C=C/CCCCCCCC(=O)OC[C@H](CO[C@H]1O[C@H](CS(=O)(=O)O)[C@@H](O)C(O)C1O)OC(=O)CCCCCCCCCCCCCCCCCC. The summed E-state index contributed by atoms with van der Waals surface area (Å²) >= 11 is 0. The van der Waals surface area contributed by atoms with E-state index in [1.165, 1.54) is 116 Å². The fourth-order valence-electron chi connectivity index (χ4n) is 7.38. The van der Waals surface area contributed by atoms with Gasteiger partial charge < -0.3 is 34.3 Å². The van der Waals surface area contributed by atoms with Crippen molar-refractivity contribution in [1.29, 1.82) is 0 Å². The Balaban J connectivity index is 2.42. The Labute approximate surface area is 358 Å². The fraction of sp³-hybridized carbons (Fsp3) is 0.913. The van der Waals surface area contributed by atoms with Crippen LogP contribution in [0.1, 0.15) is 213 Å². The first kappa shape index (κ1) is 55.4. The van der Waals surface area contributed by atoms with Gasteiger partial charge >= 0.3 is 11.9 Å². The van der Waals surface area contributed by atoms with Crippen LogP contribution < -0.4 is 0 Å². The molecule has 0 aromatic carbocycles. The predicted molar refractivity (Wildman–Crippen MR) is 234 cm³/mol. The zero-order chi connectivity index (χ0) is 43.4. The van der Waals surface area contributed by atoms with Gasteiger partial charge in [-0.15, -0.1) is 0 Å². The molecule has 1 rings (SSSR count). The van der Waals surface area contributed by atoms with Crippen LogP contribution in [0.4, 0.5) is 0 Å². The Kier molecular flexibility index (Phi) is 34.7. The van der Waals surface area contributed by atoms with Crippen molar-refractivity contribution in [3.05, 3.63) is 12.2 Å². The molecular weight excluding hydrogens is 777 g/mol. The van der Waals surface area contributed by atoms with E-state index >= 15 is 0 Å². The molecule has 1 saturated heterocycles. The van der Waals surface area contributed by atoms with Gasteiger partial charge in [0.2, 0.25) is 0 Å². The Morgan fingerprint density at radius 3 is 1.41 bits per heavy atom. The maximum atomic E-state index is 12.8. The maximum absolute atomic E-state index is 12.8. The van der Waals surface area contributed by atoms with Gasteiger partial charge in [0.1, 0.15) is 36.8 Å². The van der Waals surface area contributed by atoms with Crippen LogP contribution in [0.15, 0.2) is 12.2 Å². The van der Waals surface area contributed by atoms with Crippen molar-refractivity contribution in [3.8, 4) is 0 Å². The third kappa shape index (κ3) is 31.8. The number of hydrogen-bond acceptors (Lipinski definition) is 11. The van der Waals surface area contributed by atoms with Crippen LogP contribution in [0.25, 0.3) is 0 Å². The molecule has 2 unspecified atom stereocenters. The molecular formula is C46H86O12S. The van der Waals surface area contributed by atoms with Gasteiger partial charge in [0.15, 0.2) is 12.4 Å². The summed E-state index contributed by atoms with van der Waals surface area (Å²) in [5.74, 6) is -1.98. The van der Waals surface area contributed by atoms with Gasteiger partial charge in [-0.25, -0.2) is 0 Å². The molecule has 1 fully saturated rings. The second-order valence-electron chi connectivity index (χ2n) is 16.8. The summed E-state index contributed by atoms with van der Waals surface area (Å²) in [5, 5.41) is 30.9. The second kappa shape index (κ2) is 37.0. The first-order chi connectivity index (χ1) is 28.5. The van der Waals surface area contributed by atoms with Gasteiger partial charge in [-0.3, -0.25) is 14.1 Å². The Hall–Kier alpha value is -1.61. The lowest BCUT2D eigenvalue weighted by atomic mass is 10.00. The quantitative estimate of drug-likeness (QED) is 0.0198. The van der Waals surface area contributed by atoms with E-state index in [1.54, 1.807) is 0 Å². The lowest BCUT2D eigenvalue weighted by Crippen LogP contribution is -2.60. The van der Waals surface area contributed by atoms with Gasteiger partial charge in [0.25, 0.3) is 10.1 Å². The summed E-state index contributed by atoms with van der Waals surface area (Å²) in [4.78, 5) is 25.4. The topological polar surface area (TPSA) is 186 Å². The first-order valence-electron chi connectivity index (χ1n) is 23.7. The average molecular weight is 863 g/mol. The highest BCUT2D eigenvalue weighted by atomic mass is 32.2. The van der Waals surface area contributed by atoms with E-state index < -0.39 is 71.2 Å². The van der Waals surface area contributed by atoms with Crippen molar-refractivity contribution in [2.45, 2.75) is 250 Å². The molecule has 0 amide bonds. The maximum Gasteiger partial charge on any atom is 0.306 e. The number of aliphatic hydroxyl groups is 3. The number of rotatable bonds is 40. The minimum atomic E-state index is -4.60. The molecule has 59 heavy (non-hydrogen) atoms. The van der Waals surface area contributed by atoms with Crippen molar-refractivity contribution in [2.24, 2.45) is 0 Å². The van der Waals surface area contributed by atoms with Crippen molar-refractivity contribution >= 4 is 22.1 Å². The minimum Gasteiger partial charge on any atom is -0.462 e. The van der Waals surface area contributed by atoms with Crippen molar-refractivity contribution in [2.75, 3.05) is 19.0 Å². The van der Waals surface area contributed by atoms with Crippen LogP contribution in [0.5, 0.6) is 0 Å². The molecule has 1 aliphatic heterocycles. The molecule has 0 aromatic heterocycles. The van der Waals surface area contributed by atoms with Crippen LogP contribution in [0.2, 0.25) is 0 Å². The smallest absolute Gasteiger partial charge is 0.306 e. The number of carbonyl (C=O) groups excluding carboxylic acids is 2. The van der Waals surface area contributed by atoms with Crippen molar-refractivity contribution in [1.82, 2.24) is 0 Å². The molecule has 4 N–H and O–H groups in total. The van der Waals surface area contributed by atoms with Crippen LogP contribution in [-0.4, -0.2) is 96.0 Å². The molecule has 13 heteroatoms. The molecule has 1 aliphatic rings. The second-order valence-corrected chi connectivity index (χ2v) is 18.3. The third-order valence-electron chi connectivity index (χ3n) is 11.1. The lowest BCUT2D eigenvalue weighted by molar-refractivity contribution is -0.297. The summed E-state index contributed by atoms with van der Waals surface area (Å²) in [7, 11) is -4.60. The molecule has 0 radical (unpaired) electrons. The van der Waals surface area contributed by atoms with Crippen molar-refractivity contribution < 1.29 is 56.8 Å². The van der Waals surface area contributed by atoms with E-state index in [2.05, 4.69) is 26.0 Å². The van der Waals surface area contributed by atoms with E-state index in [9.17, 15) is 37.9 Å². The molecule has 0 saturated carbocycles. The Morgan fingerprint density at radius 1 is 0.559 bits per heavy atom. The molecule has 348 valence electrons. The highest BCUT2D eigenvalue weighted by Crippen LogP contribution is 2.24. The van der Waals surface area contributed by atoms with Gasteiger partial charge in [0, 0.05) is 12.8 Å². The zero-order valence-electron chi connectivity index (χ0n) is 37.1. The number of carbonyl (C=O) groups is 2. The van der Waals surface area contributed by atoms with E-state index in [-0.39, 0.29) is 19.4 Å². The highest BCUT2D eigenvalue weighted by molar-refractivity contribution is 7.85. The van der Waals surface area contributed by atoms with Crippen LogP contribution in [0.3, 0.4) is 0 Å². The van der Waals surface area contributed by atoms with Gasteiger partial charge in [-0.2, -0.15) is 8.42 Å². The van der Waals surface area contributed by atoms with Gasteiger partial charge in [-0.1, -0.05) is 174 Å². The van der Waals surface area contributed by atoms with Crippen LogP contribution in [-0.2, 0) is 38.7 Å². The van der Waals surface area contributed by atoms with Gasteiger partial charge in [0.05, 0.1) is 6.61 Å². The number of allylic oxidation sites excluding steroid dienone is 2. The molecule has 0 spiro atoms. The monoisotopic (exact) mass is 863 g/mol. The highest BCUT2D eigenvalue weighted by Gasteiger charge is 2.46. The number of unbranched alkanes of at least 4 members (excludes halogenated alkanes) is 26. The largest absolute Gasteiger partial charge is 0.462 e. The molecule has 0 bridgehead atoms. The summed E-state index contributed by atoms with van der Waals surface area (Å²) < 4.78 is 54.1. The van der Waals surface area contributed by atoms with E-state index in [0.29, 0.717) is 12.8 Å². The van der Waals surface area contributed by atoms with Crippen LogP contribution >= 0.6 is 0 Å². The van der Waals surface area contributed by atoms with E-state index in [1.807, 2.05) is 0 Å². The van der Waals surface area contributed by atoms with E-state index in [4.69, 9.17) is 18.9 Å². The summed E-state index contributed by atoms with van der Waals surface area (Å²) in [6, 6.07) is 0. The normalized spacial score (nSPS) is 20.3. The summed E-state index contributed by atoms with van der Waals surface area (Å²) in [6.07, 6.45) is 29.6. The summed E-state index contributed by atoms with van der Waals surface area (Å²) in [6.45, 7) is 3.77. The van der Waals surface area contributed by atoms with E-state index in [0.717, 1.165) is 57.8 Å². The molecule has 0 aromatic rings. The number of aliphatic hydroxyl groups excluding tert-OH is 3. The lowest BCUT2D eigenvalue weighted by Gasteiger charge is -2.40. The Bertz CT molecular complexity index is 1150. The fourth-order valence-corrected chi connectivity index (χ4v) is 8.07.